The summed E-state index contributed by atoms with van der Waals surface area (Å²) in [4.78, 5) is 6.98. The zero-order valence-corrected chi connectivity index (χ0v) is 19.5. The minimum absolute atomic E-state index is 0. The van der Waals surface area contributed by atoms with Crippen molar-refractivity contribution in [2.45, 2.75) is 32.0 Å². The van der Waals surface area contributed by atoms with Crippen LogP contribution >= 0.6 is 24.0 Å². The highest BCUT2D eigenvalue weighted by Crippen LogP contribution is 2.27. The van der Waals surface area contributed by atoms with Gasteiger partial charge in [-0.05, 0) is 42.6 Å². The van der Waals surface area contributed by atoms with Gasteiger partial charge in [-0.1, -0.05) is 36.4 Å². The van der Waals surface area contributed by atoms with E-state index < -0.39 is 0 Å². The zero-order valence-electron chi connectivity index (χ0n) is 17.1. The molecule has 29 heavy (non-hydrogen) atoms. The Labute approximate surface area is 190 Å². The number of methoxy groups -OCH3 is 2. The van der Waals surface area contributed by atoms with Gasteiger partial charge in [0.1, 0.15) is 0 Å². The lowest BCUT2D eigenvalue weighted by molar-refractivity contribution is 0.245. The number of nitrogens with two attached hydrogens (primary N) is 1. The SMILES string of the molecule is COc1ccc(CN=C(N)NCC2CCCN2Cc2ccccc2)cc1OC.I. The number of halogens is 1. The second kappa shape index (κ2) is 11.9. The number of ether oxygens (including phenoxy) is 2. The maximum atomic E-state index is 6.09. The summed E-state index contributed by atoms with van der Waals surface area (Å²) in [7, 11) is 3.26. The van der Waals surface area contributed by atoms with Crippen LogP contribution in [0.2, 0.25) is 0 Å². The molecule has 1 heterocycles. The van der Waals surface area contributed by atoms with Crippen LogP contribution in [0.15, 0.2) is 53.5 Å². The standard InChI is InChI=1S/C22H30N4O2.HI/c1-27-20-11-10-18(13-21(20)28-2)14-24-22(23)25-15-19-9-6-12-26(19)16-17-7-4-3-5-8-17;/h3-5,7-8,10-11,13,19H,6,9,12,14-16H2,1-2H3,(H3,23,24,25);1H. The lowest BCUT2D eigenvalue weighted by Crippen LogP contribution is -2.42. The monoisotopic (exact) mass is 510 g/mol. The third kappa shape index (κ3) is 6.78. The van der Waals surface area contributed by atoms with Gasteiger partial charge < -0.3 is 20.5 Å². The van der Waals surface area contributed by atoms with Crippen LogP contribution in [-0.4, -0.2) is 44.2 Å². The molecule has 6 nitrogen and oxygen atoms in total. The van der Waals surface area contributed by atoms with Crippen molar-refractivity contribution in [2.75, 3.05) is 27.3 Å². The van der Waals surface area contributed by atoms with E-state index in [2.05, 4.69) is 45.5 Å². The van der Waals surface area contributed by atoms with Gasteiger partial charge >= 0.3 is 0 Å². The van der Waals surface area contributed by atoms with Crippen LogP contribution in [0, 0.1) is 0 Å². The topological polar surface area (TPSA) is 72.1 Å². The van der Waals surface area contributed by atoms with E-state index in [1.54, 1.807) is 14.2 Å². The molecule has 1 atom stereocenters. The van der Waals surface area contributed by atoms with Gasteiger partial charge in [-0.2, -0.15) is 0 Å². The Morgan fingerprint density at radius 2 is 1.86 bits per heavy atom. The molecule has 1 fully saturated rings. The number of likely N-dealkylation sites (tertiary alicyclic amines) is 1. The average molecular weight is 510 g/mol. The second-order valence-electron chi connectivity index (χ2n) is 7.02. The molecule has 1 saturated heterocycles. The molecule has 0 spiro atoms. The lowest BCUT2D eigenvalue weighted by Gasteiger charge is -2.25. The van der Waals surface area contributed by atoms with Crippen molar-refractivity contribution in [3.8, 4) is 11.5 Å². The molecule has 2 aromatic rings. The molecule has 1 unspecified atom stereocenters. The van der Waals surface area contributed by atoms with E-state index in [1.807, 2.05) is 18.2 Å². The normalized spacial score (nSPS) is 16.9. The summed E-state index contributed by atoms with van der Waals surface area (Å²) in [5.41, 5.74) is 8.46. The minimum Gasteiger partial charge on any atom is -0.493 e. The molecule has 0 aromatic heterocycles. The predicted octanol–water partition coefficient (Wildman–Crippen LogP) is 3.39. The quantitative estimate of drug-likeness (QED) is 0.324. The fourth-order valence-electron chi connectivity index (χ4n) is 3.59. The Balaban J connectivity index is 0.00000300. The summed E-state index contributed by atoms with van der Waals surface area (Å²) < 4.78 is 10.6. The van der Waals surface area contributed by atoms with E-state index in [0.717, 1.165) is 25.2 Å². The van der Waals surface area contributed by atoms with Gasteiger partial charge in [0.15, 0.2) is 17.5 Å². The number of benzene rings is 2. The van der Waals surface area contributed by atoms with Gasteiger partial charge in [-0.15, -0.1) is 24.0 Å². The van der Waals surface area contributed by atoms with E-state index in [4.69, 9.17) is 15.2 Å². The van der Waals surface area contributed by atoms with Crippen LogP contribution in [0.1, 0.15) is 24.0 Å². The van der Waals surface area contributed by atoms with Crippen LogP contribution in [-0.2, 0) is 13.1 Å². The van der Waals surface area contributed by atoms with E-state index in [0.29, 0.717) is 30.0 Å². The summed E-state index contributed by atoms with van der Waals surface area (Å²) in [6, 6.07) is 16.9. The molecule has 7 heteroatoms. The number of nitrogens with zero attached hydrogens (tertiary/aromatic N) is 2. The van der Waals surface area contributed by atoms with Gasteiger partial charge in [0, 0.05) is 19.1 Å². The molecule has 1 aliphatic heterocycles. The van der Waals surface area contributed by atoms with Gasteiger partial charge in [0.25, 0.3) is 0 Å². The van der Waals surface area contributed by atoms with Crippen molar-refractivity contribution in [3.05, 3.63) is 59.7 Å². The zero-order chi connectivity index (χ0) is 19.8. The molecular weight excluding hydrogens is 479 g/mol. The van der Waals surface area contributed by atoms with Gasteiger partial charge in [-0.25, -0.2) is 4.99 Å². The van der Waals surface area contributed by atoms with Gasteiger partial charge in [-0.3, -0.25) is 4.90 Å². The molecule has 0 radical (unpaired) electrons. The van der Waals surface area contributed by atoms with Crippen molar-refractivity contribution in [2.24, 2.45) is 10.7 Å². The van der Waals surface area contributed by atoms with Crippen molar-refractivity contribution in [1.29, 1.82) is 0 Å². The highest BCUT2D eigenvalue weighted by molar-refractivity contribution is 14.0. The molecule has 0 saturated carbocycles. The molecule has 3 N–H and O–H groups in total. The first kappa shape index (κ1) is 23.3. The second-order valence-corrected chi connectivity index (χ2v) is 7.02. The average Bonchev–Trinajstić information content (AvgIpc) is 3.18. The Hall–Kier alpha value is -2.00. The first-order valence-corrected chi connectivity index (χ1v) is 9.72. The van der Waals surface area contributed by atoms with Crippen LogP contribution < -0.4 is 20.5 Å². The van der Waals surface area contributed by atoms with Gasteiger partial charge in [0.05, 0.1) is 20.8 Å². The molecule has 0 aliphatic carbocycles. The maximum Gasteiger partial charge on any atom is 0.188 e. The number of rotatable bonds is 8. The minimum atomic E-state index is 0. The van der Waals surface area contributed by atoms with E-state index in [9.17, 15) is 0 Å². The van der Waals surface area contributed by atoms with E-state index in [-0.39, 0.29) is 24.0 Å². The smallest absolute Gasteiger partial charge is 0.188 e. The molecular formula is C22H31IN4O2. The number of aliphatic imine (C=N–C) groups is 1. The first-order valence-electron chi connectivity index (χ1n) is 9.72. The Kier molecular flexibility index (Phi) is 9.53. The summed E-state index contributed by atoms with van der Waals surface area (Å²) in [6.45, 7) is 3.42. The van der Waals surface area contributed by atoms with Crippen molar-refractivity contribution in [3.63, 3.8) is 0 Å². The number of guanidine groups is 1. The van der Waals surface area contributed by atoms with Crippen molar-refractivity contribution < 1.29 is 9.47 Å². The van der Waals surface area contributed by atoms with Gasteiger partial charge in [0.2, 0.25) is 0 Å². The molecule has 3 rings (SSSR count). The summed E-state index contributed by atoms with van der Waals surface area (Å²) in [5.74, 6) is 1.88. The Morgan fingerprint density at radius 1 is 1.10 bits per heavy atom. The molecule has 0 amide bonds. The molecule has 2 aromatic carbocycles. The van der Waals surface area contributed by atoms with Crippen molar-refractivity contribution in [1.82, 2.24) is 10.2 Å². The third-order valence-electron chi connectivity index (χ3n) is 5.13. The van der Waals surface area contributed by atoms with Crippen LogP contribution in [0.5, 0.6) is 11.5 Å². The highest BCUT2D eigenvalue weighted by atomic mass is 127. The largest absolute Gasteiger partial charge is 0.493 e. The fraction of sp³-hybridized carbons (Fsp3) is 0.409. The first-order chi connectivity index (χ1) is 13.7. The Morgan fingerprint density at radius 3 is 2.59 bits per heavy atom. The van der Waals surface area contributed by atoms with E-state index >= 15 is 0 Å². The Bertz CT molecular complexity index is 786. The number of hydrogen-bond donors (Lipinski definition) is 2. The van der Waals surface area contributed by atoms with Crippen LogP contribution in [0.4, 0.5) is 0 Å². The molecule has 1 aliphatic rings. The number of hydrogen-bond acceptors (Lipinski definition) is 4. The predicted molar refractivity (Wildman–Crippen MR) is 128 cm³/mol. The highest BCUT2D eigenvalue weighted by Gasteiger charge is 2.24. The van der Waals surface area contributed by atoms with E-state index in [1.165, 1.54) is 18.4 Å². The maximum absolute atomic E-state index is 6.09. The third-order valence-corrected chi connectivity index (χ3v) is 5.13. The fourth-order valence-corrected chi connectivity index (χ4v) is 3.59. The van der Waals surface area contributed by atoms with Crippen LogP contribution in [0.25, 0.3) is 0 Å². The van der Waals surface area contributed by atoms with Crippen molar-refractivity contribution >= 4 is 29.9 Å². The summed E-state index contributed by atoms with van der Waals surface area (Å²) >= 11 is 0. The summed E-state index contributed by atoms with van der Waals surface area (Å²) in [6.07, 6.45) is 2.41. The number of nitrogens with one attached hydrogen (secondary N) is 1. The lowest BCUT2D eigenvalue weighted by atomic mass is 10.2. The van der Waals surface area contributed by atoms with Crippen LogP contribution in [0.3, 0.4) is 0 Å². The molecule has 0 bridgehead atoms. The molecule has 158 valence electrons. The summed E-state index contributed by atoms with van der Waals surface area (Å²) in [5, 5.41) is 3.29.